The molecule has 0 aromatic heterocycles. The summed E-state index contributed by atoms with van der Waals surface area (Å²) >= 11 is 0. The van der Waals surface area contributed by atoms with Crippen LogP contribution >= 0.6 is 0 Å². The van der Waals surface area contributed by atoms with Gasteiger partial charge in [0.2, 0.25) is 0 Å². The van der Waals surface area contributed by atoms with Crippen molar-refractivity contribution in [2.75, 3.05) is 11.9 Å². The van der Waals surface area contributed by atoms with Gasteiger partial charge in [0.1, 0.15) is 0 Å². The van der Waals surface area contributed by atoms with Gasteiger partial charge in [-0.3, -0.25) is 14.4 Å². The van der Waals surface area contributed by atoms with Crippen molar-refractivity contribution in [3.05, 3.63) is 114 Å². The fourth-order valence-electron chi connectivity index (χ4n) is 3.69. The number of amides is 2. The third-order valence-electron chi connectivity index (χ3n) is 5.50. The van der Waals surface area contributed by atoms with Crippen LogP contribution in [0.25, 0.3) is 22.3 Å². The number of carbonyl (C=O) groups is 3. The number of rotatable bonds is 8. The molecule has 0 aliphatic rings. The van der Waals surface area contributed by atoms with Crippen molar-refractivity contribution in [1.29, 1.82) is 0 Å². The summed E-state index contributed by atoms with van der Waals surface area (Å²) in [6.07, 6.45) is -0.138. The number of carboxylic acids is 1. The van der Waals surface area contributed by atoms with Crippen molar-refractivity contribution < 1.29 is 19.5 Å². The second-order valence-electron chi connectivity index (χ2n) is 7.92. The van der Waals surface area contributed by atoms with Crippen LogP contribution in [0, 0.1) is 0 Å². The fourth-order valence-corrected chi connectivity index (χ4v) is 3.69. The zero-order valence-corrected chi connectivity index (χ0v) is 18.9. The normalized spacial score (nSPS) is 10.4. The molecule has 6 nitrogen and oxygen atoms in total. The van der Waals surface area contributed by atoms with Gasteiger partial charge < -0.3 is 15.7 Å². The van der Waals surface area contributed by atoms with Crippen LogP contribution in [0.3, 0.4) is 0 Å². The molecule has 0 radical (unpaired) electrons. The van der Waals surface area contributed by atoms with Gasteiger partial charge in [-0.05, 0) is 52.6 Å². The molecule has 2 amide bonds. The molecule has 0 atom stereocenters. The predicted octanol–water partition coefficient (Wildman–Crippen LogP) is 5.48. The molecule has 0 spiro atoms. The van der Waals surface area contributed by atoms with Gasteiger partial charge in [0.15, 0.2) is 0 Å². The SMILES string of the molecule is O=C(O)CCNC(=O)c1ccc(-c2ccccc2C(=O)Nc2ccc(-c3ccccc3)cc2)cc1. The summed E-state index contributed by atoms with van der Waals surface area (Å²) in [6.45, 7) is 0.0608. The standard InChI is InChI=1S/C29H24N2O4/c32-27(33)18-19-30-28(34)23-12-10-22(11-13-23)25-8-4-5-9-26(25)29(35)31-24-16-14-21(15-17-24)20-6-2-1-3-7-20/h1-17H,18-19H2,(H,30,34)(H,31,35)(H,32,33). The zero-order valence-electron chi connectivity index (χ0n) is 18.9. The van der Waals surface area contributed by atoms with Crippen molar-refractivity contribution in [1.82, 2.24) is 5.32 Å². The van der Waals surface area contributed by atoms with Gasteiger partial charge in [-0.1, -0.05) is 72.8 Å². The minimum Gasteiger partial charge on any atom is -0.481 e. The molecule has 0 saturated heterocycles. The highest BCUT2D eigenvalue weighted by Gasteiger charge is 2.14. The molecule has 0 saturated carbocycles. The van der Waals surface area contributed by atoms with Crippen LogP contribution < -0.4 is 10.6 Å². The molecule has 4 rings (SSSR count). The highest BCUT2D eigenvalue weighted by molar-refractivity contribution is 6.09. The zero-order chi connectivity index (χ0) is 24.6. The first-order chi connectivity index (χ1) is 17.0. The van der Waals surface area contributed by atoms with Crippen LogP contribution in [0.1, 0.15) is 27.1 Å². The van der Waals surface area contributed by atoms with E-state index in [0.29, 0.717) is 16.8 Å². The number of anilines is 1. The third-order valence-corrected chi connectivity index (χ3v) is 5.50. The number of hydrogen-bond donors (Lipinski definition) is 3. The molecule has 0 aliphatic carbocycles. The first kappa shape index (κ1) is 23.4. The molecule has 4 aromatic carbocycles. The Labute approximate surface area is 203 Å². The average molecular weight is 465 g/mol. The lowest BCUT2D eigenvalue weighted by atomic mass is 9.98. The van der Waals surface area contributed by atoms with Crippen LogP contribution in [-0.4, -0.2) is 29.4 Å². The molecule has 35 heavy (non-hydrogen) atoms. The number of carbonyl (C=O) groups excluding carboxylic acids is 2. The molecular weight excluding hydrogens is 440 g/mol. The van der Waals surface area contributed by atoms with Crippen molar-refractivity contribution >= 4 is 23.5 Å². The lowest BCUT2D eigenvalue weighted by molar-refractivity contribution is -0.136. The fraction of sp³-hybridized carbons (Fsp3) is 0.0690. The average Bonchev–Trinajstić information content (AvgIpc) is 2.89. The van der Waals surface area contributed by atoms with E-state index in [1.165, 1.54) is 0 Å². The topological polar surface area (TPSA) is 95.5 Å². The summed E-state index contributed by atoms with van der Waals surface area (Å²) < 4.78 is 0. The van der Waals surface area contributed by atoms with Crippen LogP contribution in [0.15, 0.2) is 103 Å². The van der Waals surface area contributed by atoms with E-state index in [1.54, 1.807) is 36.4 Å². The van der Waals surface area contributed by atoms with Gasteiger partial charge in [-0.15, -0.1) is 0 Å². The number of nitrogens with one attached hydrogen (secondary N) is 2. The van der Waals surface area contributed by atoms with Crippen LogP contribution in [0.4, 0.5) is 5.69 Å². The Balaban J connectivity index is 1.47. The van der Waals surface area contributed by atoms with E-state index in [-0.39, 0.29) is 24.8 Å². The molecule has 4 aromatic rings. The van der Waals surface area contributed by atoms with E-state index in [4.69, 9.17) is 5.11 Å². The molecule has 0 aliphatic heterocycles. The first-order valence-electron chi connectivity index (χ1n) is 11.2. The molecule has 3 N–H and O–H groups in total. The highest BCUT2D eigenvalue weighted by Crippen LogP contribution is 2.26. The van der Waals surface area contributed by atoms with Crippen molar-refractivity contribution in [3.8, 4) is 22.3 Å². The summed E-state index contributed by atoms with van der Waals surface area (Å²) in [5.74, 6) is -1.55. The van der Waals surface area contributed by atoms with Gasteiger partial charge in [0.05, 0.1) is 6.42 Å². The smallest absolute Gasteiger partial charge is 0.305 e. The van der Waals surface area contributed by atoms with Crippen LogP contribution in [0.2, 0.25) is 0 Å². The lowest BCUT2D eigenvalue weighted by Crippen LogP contribution is -2.25. The molecule has 0 heterocycles. The van der Waals surface area contributed by atoms with E-state index in [1.807, 2.05) is 66.7 Å². The van der Waals surface area contributed by atoms with Gasteiger partial charge in [0.25, 0.3) is 11.8 Å². The first-order valence-corrected chi connectivity index (χ1v) is 11.2. The molecule has 0 unspecified atom stereocenters. The monoisotopic (exact) mass is 464 g/mol. The Morgan fingerprint density at radius 3 is 1.91 bits per heavy atom. The van der Waals surface area contributed by atoms with E-state index in [9.17, 15) is 14.4 Å². The minimum atomic E-state index is -0.970. The number of benzene rings is 4. The molecular formula is C29H24N2O4. The quantitative estimate of drug-likeness (QED) is 0.322. The van der Waals surface area contributed by atoms with Crippen molar-refractivity contribution in [2.45, 2.75) is 6.42 Å². The van der Waals surface area contributed by atoms with Gasteiger partial charge in [-0.25, -0.2) is 0 Å². The Hall–Kier alpha value is -4.71. The Bertz CT molecular complexity index is 1330. The van der Waals surface area contributed by atoms with Crippen LogP contribution in [-0.2, 0) is 4.79 Å². The maximum absolute atomic E-state index is 13.1. The van der Waals surface area contributed by atoms with Gasteiger partial charge >= 0.3 is 5.97 Å². The number of aliphatic carboxylic acids is 1. The van der Waals surface area contributed by atoms with E-state index >= 15 is 0 Å². The maximum Gasteiger partial charge on any atom is 0.305 e. The van der Waals surface area contributed by atoms with E-state index < -0.39 is 5.97 Å². The van der Waals surface area contributed by atoms with E-state index in [2.05, 4.69) is 10.6 Å². The Morgan fingerprint density at radius 2 is 1.23 bits per heavy atom. The summed E-state index contributed by atoms with van der Waals surface area (Å²) in [5.41, 5.74) is 5.32. The summed E-state index contributed by atoms with van der Waals surface area (Å²) in [5, 5.41) is 14.2. The molecule has 6 heteroatoms. The molecule has 174 valence electrons. The van der Waals surface area contributed by atoms with Gasteiger partial charge in [-0.2, -0.15) is 0 Å². The largest absolute Gasteiger partial charge is 0.481 e. The molecule has 0 bridgehead atoms. The Kier molecular flexibility index (Phi) is 7.33. The minimum absolute atomic E-state index is 0.0608. The maximum atomic E-state index is 13.1. The predicted molar refractivity (Wildman–Crippen MR) is 136 cm³/mol. The number of carboxylic acid groups (broad SMARTS) is 1. The van der Waals surface area contributed by atoms with Gasteiger partial charge in [0, 0.05) is 23.4 Å². The van der Waals surface area contributed by atoms with Crippen molar-refractivity contribution in [3.63, 3.8) is 0 Å². The number of hydrogen-bond acceptors (Lipinski definition) is 3. The molecule has 0 fully saturated rings. The third kappa shape index (κ3) is 6.00. The summed E-state index contributed by atoms with van der Waals surface area (Å²) in [6, 6.07) is 31.8. The summed E-state index contributed by atoms with van der Waals surface area (Å²) in [7, 11) is 0. The summed E-state index contributed by atoms with van der Waals surface area (Å²) in [4.78, 5) is 35.9. The van der Waals surface area contributed by atoms with Crippen molar-refractivity contribution in [2.24, 2.45) is 0 Å². The second kappa shape index (κ2) is 10.9. The lowest BCUT2D eigenvalue weighted by Gasteiger charge is -2.12. The highest BCUT2D eigenvalue weighted by atomic mass is 16.4. The van der Waals surface area contributed by atoms with E-state index in [0.717, 1.165) is 22.3 Å². The van der Waals surface area contributed by atoms with Crippen LogP contribution in [0.5, 0.6) is 0 Å². The Morgan fingerprint density at radius 1 is 0.629 bits per heavy atom. The second-order valence-corrected chi connectivity index (χ2v) is 7.92.